The number of hydrogen-bond donors (Lipinski definition) is 2. The Balaban J connectivity index is 1.75. The third-order valence-corrected chi connectivity index (χ3v) is 4.40. The summed E-state index contributed by atoms with van der Waals surface area (Å²) in [4.78, 5) is 7.10. The van der Waals surface area contributed by atoms with Crippen LogP contribution in [0.5, 0.6) is 0 Å². The van der Waals surface area contributed by atoms with Crippen molar-refractivity contribution in [2.24, 2.45) is 4.99 Å². The normalized spacial score (nSPS) is 20.7. The zero-order chi connectivity index (χ0) is 16.8. The van der Waals surface area contributed by atoms with Crippen molar-refractivity contribution < 1.29 is 9.13 Å². The molecule has 24 heavy (non-hydrogen) atoms. The van der Waals surface area contributed by atoms with Gasteiger partial charge < -0.3 is 15.4 Å². The average Bonchev–Trinajstić information content (AvgIpc) is 3.40. The fraction of sp³-hybridized carbons (Fsp3) is 0.611. The van der Waals surface area contributed by atoms with Crippen LogP contribution in [0.1, 0.15) is 31.4 Å². The predicted molar refractivity (Wildman–Crippen MR) is 93.7 cm³/mol. The van der Waals surface area contributed by atoms with E-state index in [9.17, 15) is 4.39 Å². The number of rotatable bonds is 6. The van der Waals surface area contributed by atoms with Crippen molar-refractivity contribution in [3.63, 3.8) is 0 Å². The third-order valence-electron chi connectivity index (χ3n) is 4.40. The van der Waals surface area contributed by atoms with Gasteiger partial charge in [-0.1, -0.05) is 12.1 Å². The van der Waals surface area contributed by atoms with Crippen molar-refractivity contribution in [2.75, 3.05) is 39.4 Å². The van der Waals surface area contributed by atoms with Gasteiger partial charge in [0.25, 0.3) is 0 Å². The molecule has 1 aromatic rings. The van der Waals surface area contributed by atoms with E-state index in [0.717, 1.165) is 44.4 Å². The zero-order valence-corrected chi connectivity index (χ0v) is 14.3. The van der Waals surface area contributed by atoms with Crippen molar-refractivity contribution in [1.29, 1.82) is 0 Å². The number of guanidine groups is 1. The van der Waals surface area contributed by atoms with Crippen LogP contribution in [0.3, 0.4) is 0 Å². The molecule has 1 saturated carbocycles. The Kier molecular flexibility index (Phi) is 6.04. The highest BCUT2D eigenvalue weighted by atomic mass is 19.1. The summed E-state index contributed by atoms with van der Waals surface area (Å²) in [6.45, 7) is 6.64. The molecule has 0 bridgehead atoms. The maximum absolute atomic E-state index is 13.7. The summed E-state index contributed by atoms with van der Waals surface area (Å²) >= 11 is 0. The van der Waals surface area contributed by atoms with Gasteiger partial charge in [-0.05, 0) is 37.5 Å². The average molecular weight is 334 g/mol. The predicted octanol–water partition coefficient (Wildman–Crippen LogP) is 1.92. The number of nitrogens with zero attached hydrogens (tertiary/aromatic N) is 2. The summed E-state index contributed by atoms with van der Waals surface area (Å²) in [6.07, 6.45) is 2.42. The Morgan fingerprint density at radius 2 is 2.17 bits per heavy atom. The van der Waals surface area contributed by atoms with Crippen molar-refractivity contribution in [3.8, 4) is 0 Å². The SMILES string of the molecule is CCNC(=NCC(c1cccc(F)c1)N1CCOCC1)NC1CC1. The van der Waals surface area contributed by atoms with Gasteiger partial charge in [-0.15, -0.1) is 0 Å². The largest absolute Gasteiger partial charge is 0.379 e. The molecule has 1 aliphatic heterocycles. The third kappa shape index (κ3) is 4.92. The highest BCUT2D eigenvalue weighted by Gasteiger charge is 2.25. The molecule has 2 aliphatic rings. The van der Waals surface area contributed by atoms with Gasteiger partial charge >= 0.3 is 0 Å². The molecule has 0 amide bonds. The molecule has 0 radical (unpaired) electrons. The highest BCUT2D eigenvalue weighted by molar-refractivity contribution is 5.80. The fourth-order valence-electron chi connectivity index (χ4n) is 2.95. The fourth-order valence-corrected chi connectivity index (χ4v) is 2.95. The van der Waals surface area contributed by atoms with Crippen LogP contribution in [0, 0.1) is 5.82 Å². The lowest BCUT2D eigenvalue weighted by Crippen LogP contribution is -2.42. The molecule has 2 N–H and O–H groups in total. The van der Waals surface area contributed by atoms with Gasteiger partial charge in [-0.25, -0.2) is 4.39 Å². The molecule has 1 atom stereocenters. The maximum Gasteiger partial charge on any atom is 0.191 e. The van der Waals surface area contributed by atoms with E-state index in [0.29, 0.717) is 12.6 Å². The van der Waals surface area contributed by atoms with Crippen LogP contribution in [0.4, 0.5) is 4.39 Å². The number of nitrogens with one attached hydrogen (secondary N) is 2. The summed E-state index contributed by atoms with van der Waals surface area (Å²) in [5.74, 6) is 0.660. The van der Waals surface area contributed by atoms with Crippen molar-refractivity contribution in [3.05, 3.63) is 35.6 Å². The van der Waals surface area contributed by atoms with Crippen molar-refractivity contribution in [2.45, 2.75) is 31.8 Å². The Labute approximate surface area is 143 Å². The molecule has 3 rings (SSSR count). The number of hydrogen-bond acceptors (Lipinski definition) is 3. The van der Waals surface area contributed by atoms with E-state index >= 15 is 0 Å². The molecule has 1 aromatic carbocycles. The molecule has 1 unspecified atom stereocenters. The molecule has 1 saturated heterocycles. The summed E-state index contributed by atoms with van der Waals surface area (Å²) in [6, 6.07) is 7.49. The van der Waals surface area contributed by atoms with Gasteiger partial charge in [0.15, 0.2) is 5.96 Å². The molecular weight excluding hydrogens is 307 g/mol. The monoisotopic (exact) mass is 334 g/mol. The summed E-state index contributed by atoms with van der Waals surface area (Å²) in [5.41, 5.74) is 0.975. The molecule has 5 nitrogen and oxygen atoms in total. The molecule has 0 aromatic heterocycles. The number of ether oxygens (including phenoxy) is 1. The minimum Gasteiger partial charge on any atom is -0.379 e. The second-order valence-corrected chi connectivity index (χ2v) is 6.36. The highest BCUT2D eigenvalue weighted by Crippen LogP contribution is 2.23. The van der Waals surface area contributed by atoms with Crippen LogP contribution in [-0.2, 0) is 4.74 Å². The molecule has 1 heterocycles. The molecule has 2 fully saturated rings. The lowest BCUT2D eigenvalue weighted by atomic mass is 10.0. The minimum absolute atomic E-state index is 0.0688. The standard InChI is InChI=1S/C18H27FN4O/c1-2-20-18(22-16-6-7-16)21-13-17(23-8-10-24-11-9-23)14-4-3-5-15(19)12-14/h3-5,12,16-17H,2,6-11,13H2,1H3,(H2,20,21,22). The first kappa shape index (κ1) is 17.2. The van der Waals surface area contributed by atoms with Crippen LogP contribution in [0.25, 0.3) is 0 Å². The Bertz CT molecular complexity index is 556. The van der Waals surface area contributed by atoms with E-state index in [4.69, 9.17) is 9.73 Å². The van der Waals surface area contributed by atoms with Crippen LogP contribution in [0.2, 0.25) is 0 Å². The molecule has 1 aliphatic carbocycles. The van der Waals surface area contributed by atoms with E-state index in [1.807, 2.05) is 6.07 Å². The quantitative estimate of drug-likeness (QED) is 0.616. The van der Waals surface area contributed by atoms with Gasteiger partial charge in [-0.3, -0.25) is 9.89 Å². The van der Waals surface area contributed by atoms with Crippen LogP contribution >= 0.6 is 0 Å². The number of aliphatic imine (C=N–C) groups is 1. The van der Waals surface area contributed by atoms with E-state index in [2.05, 4.69) is 22.5 Å². The van der Waals surface area contributed by atoms with Crippen molar-refractivity contribution >= 4 is 5.96 Å². The first-order chi connectivity index (χ1) is 11.8. The van der Waals surface area contributed by atoms with Crippen LogP contribution < -0.4 is 10.6 Å². The van der Waals surface area contributed by atoms with Gasteiger partial charge in [0.2, 0.25) is 0 Å². The Hall–Kier alpha value is -1.66. The molecule has 6 heteroatoms. The molecular formula is C18H27FN4O. The molecule has 132 valence electrons. The van der Waals surface area contributed by atoms with Crippen LogP contribution in [-0.4, -0.2) is 56.3 Å². The summed E-state index contributed by atoms with van der Waals surface area (Å²) in [7, 11) is 0. The number of morpholine rings is 1. The zero-order valence-electron chi connectivity index (χ0n) is 14.3. The van der Waals surface area contributed by atoms with E-state index in [-0.39, 0.29) is 11.9 Å². The smallest absolute Gasteiger partial charge is 0.191 e. The topological polar surface area (TPSA) is 48.9 Å². The maximum atomic E-state index is 13.7. The summed E-state index contributed by atoms with van der Waals surface area (Å²) in [5, 5.41) is 6.73. The Morgan fingerprint density at radius 3 is 2.83 bits per heavy atom. The lowest BCUT2D eigenvalue weighted by molar-refractivity contribution is 0.0179. The number of benzene rings is 1. The first-order valence-electron chi connectivity index (χ1n) is 8.88. The van der Waals surface area contributed by atoms with Crippen LogP contribution in [0.15, 0.2) is 29.3 Å². The van der Waals surface area contributed by atoms with Gasteiger partial charge in [0, 0.05) is 25.7 Å². The minimum atomic E-state index is -0.197. The van der Waals surface area contributed by atoms with Gasteiger partial charge in [0.05, 0.1) is 25.8 Å². The first-order valence-corrected chi connectivity index (χ1v) is 8.88. The summed E-state index contributed by atoms with van der Waals surface area (Å²) < 4.78 is 19.1. The van der Waals surface area contributed by atoms with Gasteiger partial charge in [-0.2, -0.15) is 0 Å². The number of halogens is 1. The lowest BCUT2D eigenvalue weighted by Gasteiger charge is -2.34. The second kappa shape index (κ2) is 8.44. The van der Waals surface area contributed by atoms with E-state index in [1.165, 1.54) is 18.9 Å². The second-order valence-electron chi connectivity index (χ2n) is 6.36. The van der Waals surface area contributed by atoms with Crippen molar-refractivity contribution in [1.82, 2.24) is 15.5 Å². The van der Waals surface area contributed by atoms with Gasteiger partial charge in [0.1, 0.15) is 5.82 Å². The van der Waals surface area contributed by atoms with E-state index in [1.54, 1.807) is 12.1 Å². The van der Waals surface area contributed by atoms with E-state index < -0.39 is 0 Å². The molecule has 0 spiro atoms. The Morgan fingerprint density at radius 1 is 1.38 bits per heavy atom.